The van der Waals surface area contributed by atoms with E-state index in [1.807, 2.05) is 13.0 Å². The van der Waals surface area contributed by atoms with E-state index in [1.54, 1.807) is 19.1 Å². The van der Waals surface area contributed by atoms with Gasteiger partial charge in [0.2, 0.25) is 0 Å². The lowest BCUT2D eigenvalue weighted by atomic mass is 10.2. The van der Waals surface area contributed by atoms with E-state index in [-0.39, 0.29) is 5.03 Å². The van der Waals surface area contributed by atoms with E-state index < -0.39 is 10.0 Å². The summed E-state index contributed by atoms with van der Waals surface area (Å²) in [6.45, 7) is 3.56. The fourth-order valence-electron chi connectivity index (χ4n) is 1.64. The van der Waals surface area contributed by atoms with Crippen LogP contribution in [0.15, 0.2) is 29.4 Å². The highest BCUT2D eigenvalue weighted by Gasteiger charge is 2.18. The van der Waals surface area contributed by atoms with Crippen molar-refractivity contribution in [3.8, 4) is 5.75 Å². The van der Waals surface area contributed by atoms with Gasteiger partial charge in [-0.1, -0.05) is 6.07 Å². The number of rotatable bonds is 4. The van der Waals surface area contributed by atoms with Gasteiger partial charge in [-0.15, -0.1) is 0 Å². The summed E-state index contributed by atoms with van der Waals surface area (Å²) in [7, 11) is -2.20. The Hall–Kier alpha value is -2.02. The molecule has 0 bridgehead atoms. The van der Waals surface area contributed by atoms with Crippen molar-refractivity contribution in [1.29, 1.82) is 0 Å². The minimum absolute atomic E-state index is 0.0218. The lowest BCUT2D eigenvalue weighted by Gasteiger charge is -2.11. The largest absolute Gasteiger partial charge is 0.495 e. The summed E-state index contributed by atoms with van der Waals surface area (Å²) in [4.78, 5) is 6.56. The quantitative estimate of drug-likeness (QED) is 0.895. The summed E-state index contributed by atoms with van der Waals surface area (Å²) in [6, 6.07) is 5.27. The Morgan fingerprint density at radius 1 is 1.32 bits per heavy atom. The number of imidazole rings is 1. The Balaban J connectivity index is 2.38. The Labute approximate surface area is 111 Å². The maximum absolute atomic E-state index is 12.2. The van der Waals surface area contributed by atoms with Gasteiger partial charge in [-0.05, 0) is 31.5 Å². The molecule has 1 heterocycles. The predicted molar refractivity (Wildman–Crippen MR) is 71.9 cm³/mol. The zero-order valence-corrected chi connectivity index (χ0v) is 11.7. The first-order chi connectivity index (χ1) is 8.92. The number of nitrogens with zero attached hydrogens (tertiary/aromatic N) is 1. The molecule has 0 atom stereocenters. The van der Waals surface area contributed by atoms with Gasteiger partial charge in [0.1, 0.15) is 11.6 Å². The van der Waals surface area contributed by atoms with Crippen molar-refractivity contribution in [2.45, 2.75) is 18.9 Å². The molecule has 0 aliphatic carbocycles. The fourth-order valence-corrected chi connectivity index (χ4v) is 2.67. The molecular weight excluding hydrogens is 266 g/mol. The smallest absolute Gasteiger partial charge is 0.279 e. The van der Waals surface area contributed by atoms with Crippen LogP contribution in [0.25, 0.3) is 0 Å². The maximum Gasteiger partial charge on any atom is 0.279 e. The fraction of sp³-hybridized carbons (Fsp3) is 0.250. The van der Waals surface area contributed by atoms with Gasteiger partial charge in [-0.25, -0.2) is 4.98 Å². The van der Waals surface area contributed by atoms with Gasteiger partial charge in [0.15, 0.2) is 5.03 Å². The first-order valence-electron chi connectivity index (χ1n) is 5.61. The molecular formula is C12H15N3O3S. The van der Waals surface area contributed by atoms with Crippen molar-refractivity contribution in [2.75, 3.05) is 11.8 Å². The van der Waals surface area contributed by atoms with E-state index in [2.05, 4.69) is 14.7 Å². The first-order valence-corrected chi connectivity index (χ1v) is 7.10. The molecule has 7 heteroatoms. The molecule has 6 nitrogen and oxygen atoms in total. The summed E-state index contributed by atoms with van der Waals surface area (Å²) >= 11 is 0. The monoisotopic (exact) mass is 281 g/mol. The van der Waals surface area contributed by atoms with E-state index in [0.29, 0.717) is 17.3 Å². The Morgan fingerprint density at radius 3 is 2.63 bits per heavy atom. The molecule has 19 heavy (non-hydrogen) atoms. The van der Waals surface area contributed by atoms with Crippen molar-refractivity contribution < 1.29 is 13.2 Å². The minimum atomic E-state index is -3.69. The molecule has 0 spiro atoms. The number of aromatic nitrogens is 2. The molecule has 0 unspecified atom stereocenters. The number of hydrogen-bond donors (Lipinski definition) is 2. The van der Waals surface area contributed by atoms with E-state index in [1.165, 1.54) is 13.3 Å². The highest BCUT2D eigenvalue weighted by molar-refractivity contribution is 7.92. The number of anilines is 1. The van der Waals surface area contributed by atoms with E-state index in [9.17, 15) is 8.42 Å². The van der Waals surface area contributed by atoms with Crippen molar-refractivity contribution in [3.63, 3.8) is 0 Å². The predicted octanol–water partition coefficient (Wildman–Crippen LogP) is 1.84. The number of ether oxygens (including phenoxy) is 1. The van der Waals surface area contributed by atoms with Crippen molar-refractivity contribution in [1.82, 2.24) is 9.97 Å². The maximum atomic E-state index is 12.2. The molecule has 0 saturated carbocycles. The van der Waals surface area contributed by atoms with Crippen LogP contribution in [-0.2, 0) is 10.0 Å². The van der Waals surface area contributed by atoms with Gasteiger partial charge in [-0.2, -0.15) is 8.42 Å². The summed E-state index contributed by atoms with van der Waals surface area (Å²) in [6.07, 6.45) is 1.28. The van der Waals surface area contributed by atoms with Crippen LogP contribution >= 0.6 is 0 Å². The molecule has 0 saturated heterocycles. The second kappa shape index (κ2) is 4.93. The number of H-pyrrole nitrogens is 1. The van der Waals surface area contributed by atoms with Crippen LogP contribution in [0.4, 0.5) is 5.69 Å². The Morgan fingerprint density at radius 2 is 2.05 bits per heavy atom. The highest BCUT2D eigenvalue weighted by atomic mass is 32.2. The zero-order valence-electron chi connectivity index (χ0n) is 10.9. The van der Waals surface area contributed by atoms with Crippen LogP contribution in [0.1, 0.15) is 11.4 Å². The van der Waals surface area contributed by atoms with Crippen molar-refractivity contribution in [3.05, 3.63) is 35.8 Å². The summed E-state index contributed by atoms with van der Waals surface area (Å²) < 4.78 is 31.9. The van der Waals surface area contributed by atoms with Crippen LogP contribution in [0, 0.1) is 13.8 Å². The second-order valence-corrected chi connectivity index (χ2v) is 5.79. The SMILES string of the molecule is COc1ccc(C)cc1NS(=O)(=O)c1cnc(C)[nH]1. The minimum Gasteiger partial charge on any atom is -0.495 e. The normalized spacial score (nSPS) is 11.3. The van der Waals surface area contributed by atoms with Crippen LogP contribution in [0.3, 0.4) is 0 Å². The van der Waals surface area contributed by atoms with E-state index >= 15 is 0 Å². The standard InChI is InChI=1S/C12H15N3O3S/c1-8-4-5-11(18-3)10(6-8)15-19(16,17)12-7-13-9(2)14-12/h4-7,15H,1-3H3,(H,13,14). The van der Waals surface area contributed by atoms with Gasteiger partial charge < -0.3 is 9.72 Å². The lowest BCUT2D eigenvalue weighted by molar-refractivity contribution is 0.417. The summed E-state index contributed by atoms with van der Waals surface area (Å²) in [5, 5.41) is 0.0218. The molecule has 0 amide bonds. The number of nitrogens with one attached hydrogen (secondary N) is 2. The van der Waals surface area contributed by atoms with Crippen molar-refractivity contribution >= 4 is 15.7 Å². The molecule has 1 aromatic carbocycles. The lowest BCUT2D eigenvalue weighted by Crippen LogP contribution is -2.14. The van der Waals surface area contributed by atoms with E-state index in [0.717, 1.165) is 5.56 Å². The third-order valence-corrected chi connectivity index (χ3v) is 3.84. The average Bonchev–Trinajstić information content (AvgIpc) is 2.76. The Bertz CT molecular complexity index is 692. The molecule has 2 rings (SSSR count). The topological polar surface area (TPSA) is 84.1 Å². The summed E-state index contributed by atoms with van der Waals surface area (Å²) in [5.41, 5.74) is 1.33. The molecule has 102 valence electrons. The highest BCUT2D eigenvalue weighted by Crippen LogP contribution is 2.27. The molecule has 1 aromatic heterocycles. The zero-order chi connectivity index (χ0) is 14.0. The number of aromatic amines is 1. The van der Waals surface area contributed by atoms with Crippen molar-refractivity contribution in [2.24, 2.45) is 0 Å². The van der Waals surface area contributed by atoms with Crippen LogP contribution in [0.5, 0.6) is 5.75 Å². The average molecular weight is 281 g/mol. The third kappa shape index (κ3) is 2.87. The number of aryl methyl sites for hydroxylation is 2. The molecule has 0 aliphatic rings. The third-order valence-electron chi connectivity index (χ3n) is 2.57. The van der Waals surface area contributed by atoms with Crippen LogP contribution < -0.4 is 9.46 Å². The molecule has 2 N–H and O–H groups in total. The summed E-state index contributed by atoms with van der Waals surface area (Å²) in [5.74, 6) is 1.00. The number of hydrogen-bond acceptors (Lipinski definition) is 4. The number of methoxy groups -OCH3 is 1. The molecule has 0 fully saturated rings. The van der Waals surface area contributed by atoms with Gasteiger partial charge >= 0.3 is 0 Å². The second-order valence-electron chi connectivity index (χ2n) is 4.14. The Kier molecular flexibility index (Phi) is 3.48. The van der Waals surface area contributed by atoms with E-state index in [4.69, 9.17) is 4.74 Å². The first kappa shape index (κ1) is 13.4. The van der Waals surface area contributed by atoms with Gasteiger partial charge in [0.05, 0.1) is 19.0 Å². The number of benzene rings is 1. The van der Waals surface area contributed by atoms with Gasteiger partial charge in [0.25, 0.3) is 10.0 Å². The molecule has 0 aliphatic heterocycles. The molecule has 0 radical (unpaired) electrons. The molecule has 2 aromatic rings. The number of sulfonamides is 1. The van der Waals surface area contributed by atoms with Crippen LogP contribution in [-0.4, -0.2) is 25.5 Å². The van der Waals surface area contributed by atoms with Crippen LogP contribution in [0.2, 0.25) is 0 Å². The van der Waals surface area contributed by atoms with Gasteiger partial charge in [-0.3, -0.25) is 4.72 Å². The van der Waals surface area contributed by atoms with Gasteiger partial charge in [0, 0.05) is 0 Å².